The summed E-state index contributed by atoms with van der Waals surface area (Å²) in [6.07, 6.45) is 16.5. The highest BCUT2D eigenvalue weighted by Crippen LogP contribution is 2.40. The van der Waals surface area contributed by atoms with E-state index in [1.54, 1.807) is 16.0 Å². The number of imidazole rings is 2. The Kier molecular flexibility index (Phi) is 12.6. The van der Waals surface area contributed by atoms with Gasteiger partial charge in [-0.2, -0.15) is 0 Å². The van der Waals surface area contributed by atoms with Crippen LogP contribution in [0.1, 0.15) is 141 Å². The molecule has 0 aliphatic carbocycles. The molecule has 12 heterocycles. The number of likely N-dealkylation sites (tertiary alicyclic amines) is 2. The lowest BCUT2D eigenvalue weighted by Crippen LogP contribution is -2.43. The van der Waals surface area contributed by atoms with Crippen LogP contribution in [-0.2, 0) is 9.47 Å². The van der Waals surface area contributed by atoms with Gasteiger partial charge in [-0.05, 0) is 155 Å². The molecule has 8 aromatic rings. The Labute approximate surface area is 450 Å². The first-order chi connectivity index (χ1) is 37.6. The molecule has 4 saturated heterocycles. The fourth-order valence-electron chi connectivity index (χ4n) is 11.7. The Balaban J connectivity index is 0.000000158. The lowest BCUT2D eigenvalue weighted by atomic mass is 10.0. The molecule has 4 atom stereocenters. The second-order valence-electron chi connectivity index (χ2n) is 23.5. The normalized spacial score (nSPS) is 21.8. The van der Waals surface area contributed by atoms with E-state index in [0.29, 0.717) is 37.4 Å². The quantitative estimate of drug-likeness (QED) is 0.112. The highest BCUT2D eigenvalue weighted by atomic mass is 16.6. The van der Waals surface area contributed by atoms with E-state index in [9.17, 15) is 9.59 Å². The van der Waals surface area contributed by atoms with Crippen molar-refractivity contribution >= 4 is 78.6 Å². The van der Waals surface area contributed by atoms with Crippen molar-refractivity contribution < 1.29 is 36.7 Å². The number of nitrogens with zero attached hydrogens (tertiary/aromatic N) is 6. The number of furan rings is 4. The largest absolute Gasteiger partial charge is 0.456 e. The molecule has 6 aromatic heterocycles. The summed E-state index contributed by atoms with van der Waals surface area (Å²) in [5.41, 5.74) is 8.07. The second-order valence-corrected chi connectivity index (χ2v) is 23.5. The predicted molar refractivity (Wildman–Crippen MR) is 299 cm³/mol. The molecule has 404 valence electrons. The van der Waals surface area contributed by atoms with E-state index in [0.717, 1.165) is 153 Å². The van der Waals surface area contributed by atoms with Crippen LogP contribution in [0.15, 0.2) is 101 Å². The number of carbonyl (C=O) groups is 2. The number of aromatic amines is 2. The van der Waals surface area contributed by atoms with Gasteiger partial charge in [-0.25, -0.2) is 19.6 Å². The van der Waals surface area contributed by atoms with Crippen molar-refractivity contribution in [2.45, 2.75) is 141 Å². The smallest absolute Gasteiger partial charge is 0.410 e. The van der Waals surface area contributed by atoms with Crippen LogP contribution in [0.5, 0.6) is 0 Å². The number of aromatic nitrogens is 4. The van der Waals surface area contributed by atoms with Crippen LogP contribution in [0.4, 0.5) is 9.59 Å². The molecule has 2 amide bonds. The van der Waals surface area contributed by atoms with Crippen LogP contribution < -0.4 is 10.6 Å². The zero-order chi connectivity index (χ0) is 53.5. The Morgan fingerprint density at radius 3 is 1.47 bits per heavy atom. The summed E-state index contributed by atoms with van der Waals surface area (Å²) < 4.78 is 36.2. The van der Waals surface area contributed by atoms with Crippen molar-refractivity contribution in [1.29, 1.82) is 0 Å². The maximum absolute atomic E-state index is 12.8. The molecular weight excluding hydrogens is 989 g/mol. The van der Waals surface area contributed by atoms with Gasteiger partial charge >= 0.3 is 12.2 Å². The minimum atomic E-state index is -0.557. The topological polar surface area (TPSA) is 218 Å². The van der Waals surface area contributed by atoms with Crippen molar-refractivity contribution in [2.75, 3.05) is 26.2 Å². The molecule has 14 rings (SSSR count). The SMILES string of the molecule is C1=C(c2cc3cc4oc(-c5cnc([C@@H]6CCCN6)[nH]5)cc4cc3o2)CC([C@@H]2CCCN2)=N1.CC(C)(C)OC(=O)N1CCC[C@H]1C1=NC=C(c2cc3cc4oc(-c5cnc([C@@H]6CCCN6C(=O)OC(C)(C)C)[nH]5)cc4cc3o2)C1. The van der Waals surface area contributed by atoms with Crippen molar-refractivity contribution in [3.05, 3.63) is 96.5 Å². The third kappa shape index (κ3) is 9.95. The third-order valence-electron chi connectivity index (χ3n) is 15.5. The van der Waals surface area contributed by atoms with Crippen LogP contribution in [0.2, 0.25) is 0 Å². The number of benzene rings is 2. The van der Waals surface area contributed by atoms with Gasteiger partial charge in [-0.15, -0.1) is 0 Å². The number of ether oxygens (including phenoxy) is 2. The van der Waals surface area contributed by atoms with Gasteiger partial charge in [0.15, 0.2) is 11.5 Å². The third-order valence-corrected chi connectivity index (χ3v) is 15.5. The number of hydrogen-bond acceptors (Lipinski definition) is 14. The van der Waals surface area contributed by atoms with E-state index in [2.05, 4.69) is 59.8 Å². The molecule has 6 aliphatic heterocycles. The molecule has 0 bridgehead atoms. The summed E-state index contributed by atoms with van der Waals surface area (Å²) >= 11 is 0. The maximum atomic E-state index is 12.8. The number of H-pyrrole nitrogens is 2. The number of aliphatic imine (C=N–C) groups is 2. The molecule has 78 heavy (non-hydrogen) atoms. The zero-order valence-electron chi connectivity index (χ0n) is 45.1. The van der Waals surface area contributed by atoms with Gasteiger partial charge in [-0.1, -0.05) is 0 Å². The maximum Gasteiger partial charge on any atom is 0.410 e. The van der Waals surface area contributed by atoms with Crippen LogP contribution in [0.3, 0.4) is 0 Å². The lowest BCUT2D eigenvalue weighted by molar-refractivity contribution is 0.0216. The van der Waals surface area contributed by atoms with Gasteiger partial charge < -0.3 is 47.7 Å². The number of allylic oxidation sites excluding steroid dienone is 2. The van der Waals surface area contributed by atoms with Crippen LogP contribution >= 0.6 is 0 Å². The van der Waals surface area contributed by atoms with Crippen molar-refractivity contribution in [3.8, 4) is 22.9 Å². The molecule has 6 aliphatic rings. The van der Waals surface area contributed by atoms with E-state index in [1.165, 1.54) is 25.0 Å². The molecule has 4 N–H and O–H groups in total. The molecule has 0 saturated carbocycles. The lowest BCUT2D eigenvalue weighted by Gasteiger charge is -2.28. The fourth-order valence-corrected chi connectivity index (χ4v) is 11.7. The summed E-state index contributed by atoms with van der Waals surface area (Å²) in [5.74, 6) is 4.81. The average Bonchev–Trinajstić information content (AvgIpc) is 4.35. The second kappa shape index (κ2) is 19.6. The minimum Gasteiger partial charge on any atom is -0.456 e. The van der Waals surface area contributed by atoms with E-state index in [-0.39, 0.29) is 24.3 Å². The molecule has 4 fully saturated rings. The number of nitrogens with one attached hydrogen (secondary N) is 4. The van der Waals surface area contributed by atoms with Crippen LogP contribution in [-0.4, -0.2) is 103 Å². The highest BCUT2D eigenvalue weighted by Gasteiger charge is 2.38. The Morgan fingerprint density at radius 2 is 0.962 bits per heavy atom. The van der Waals surface area contributed by atoms with Gasteiger partial charge in [0, 0.05) is 88.5 Å². The number of rotatable bonds is 8. The van der Waals surface area contributed by atoms with Gasteiger partial charge in [0.25, 0.3) is 0 Å². The number of fused-ring (bicyclic) bond motifs is 4. The Bertz CT molecular complexity index is 3630. The van der Waals surface area contributed by atoms with Gasteiger partial charge in [0.1, 0.15) is 68.1 Å². The zero-order valence-corrected chi connectivity index (χ0v) is 45.1. The molecule has 0 radical (unpaired) electrons. The standard InChI is InChI=1S/C35H41N5O6.C25H25N5O2/c1-34(2,3)45-32(41)39-11-7-9-25(39)23-13-22(18-36-23)29-16-20-14-28-21(15-27(20)43-29)17-30(44-28)24-19-37-31(38-24)26-10-8-12-40(26)33(42)46-35(4,5)6;1-3-17(26-5-1)19-7-16(12-28-19)23-10-14-8-22-15(9-21(14)31-23)11-24(32-22)20-13-29-25(30-20)18-4-2-6-27-18/h14-19,25-26H,7-13H2,1-6H3,(H,37,38);8-13,17-18,26-27H,1-7H2,(H,29,30)/t25-,26-;17-,18-/m00/s1. The van der Waals surface area contributed by atoms with Crippen molar-refractivity contribution in [3.63, 3.8) is 0 Å². The van der Waals surface area contributed by atoms with Gasteiger partial charge in [0.05, 0.1) is 30.5 Å². The first kappa shape index (κ1) is 49.8. The van der Waals surface area contributed by atoms with E-state index >= 15 is 0 Å². The Hall–Kier alpha value is -7.70. The summed E-state index contributed by atoms with van der Waals surface area (Å²) in [7, 11) is 0. The highest BCUT2D eigenvalue weighted by molar-refractivity contribution is 6.05. The summed E-state index contributed by atoms with van der Waals surface area (Å²) in [6, 6.07) is 16.7. The number of amides is 2. The first-order valence-electron chi connectivity index (χ1n) is 27.6. The molecule has 18 nitrogen and oxygen atoms in total. The van der Waals surface area contributed by atoms with Crippen molar-refractivity contribution in [2.24, 2.45) is 9.98 Å². The van der Waals surface area contributed by atoms with Gasteiger partial charge in [-0.3, -0.25) is 19.8 Å². The van der Waals surface area contributed by atoms with E-state index < -0.39 is 11.2 Å². The predicted octanol–water partition coefficient (Wildman–Crippen LogP) is 13.2. The van der Waals surface area contributed by atoms with E-state index in [1.807, 2.05) is 84.4 Å². The molecule has 0 unspecified atom stereocenters. The van der Waals surface area contributed by atoms with Crippen LogP contribution in [0, 0.1) is 0 Å². The minimum absolute atomic E-state index is 0.0641. The fraction of sp³-hybridized carbons (Fsp3) is 0.433. The summed E-state index contributed by atoms with van der Waals surface area (Å²) in [4.78, 5) is 54.5. The molecular formula is C60H66N10O8. The molecule has 0 spiro atoms. The summed E-state index contributed by atoms with van der Waals surface area (Å²) in [6.45, 7) is 14.7. The number of carbonyl (C=O) groups excluding carboxylic acids is 2. The average molecular weight is 1060 g/mol. The first-order valence-corrected chi connectivity index (χ1v) is 27.6. The van der Waals surface area contributed by atoms with Crippen molar-refractivity contribution in [1.82, 2.24) is 40.4 Å². The summed E-state index contributed by atoms with van der Waals surface area (Å²) in [5, 5.41) is 10.9. The number of hydrogen-bond donors (Lipinski definition) is 4. The Morgan fingerprint density at radius 1 is 0.526 bits per heavy atom. The van der Waals surface area contributed by atoms with Gasteiger partial charge in [0.2, 0.25) is 0 Å². The van der Waals surface area contributed by atoms with Crippen LogP contribution in [0.25, 0.3) is 77.9 Å². The van der Waals surface area contributed by atoms with E-state index in [4.69, 9.17) is 32.1 Å². The molecule has 18 heteroatoms. The molecule has 2 aromatic carbocycles. The monoisotopic (exact) mass is 1050 g/mol.